The molecule has 172 valence electrons. The van der Waals surface area contributed by atoms with Gasteiger partial charge in [-0.3, -0.25) is 14.6 Å². The standard InChI is InChI=1S/C25H29N5O3/c1-33-20-6-4-17(5-7-20)13-23(31)29-11-2-3-19(16-29)25(32)30-12-9-18(15-30)24-27-21-8-10-26-14-22(21)28-24/h4-8,10,14,18-19H,2-3,9,11-13,15-16H2,1H3,(H,27,28). The number of carbonyl (C=O) groups excluding carboxylic acids is 2. The molecule has 2 aromatic heterocycles. The molecular formula is C25H29N5O3. The van der Waals surface area contributed by atoms with Gasteiger partial charge in [-0.2, -0.15) is 0 Å². The first-order chi connectivity index (χ1) is 16.1. The zero-order chi connectivity index (χ0) is 22.8. The Morgan fingerprint density at radius 3 is 2.73 bits per heavy atom. The van der Waals surface area contributed by atoms with E-state index in [4.69, 9.17) is 9.72 Å². The van der Waals surface area contributed by atoms with Gasteiger partial charge in [0.2, 0.25) is 11.8 Å². The van der Waals surface area contributed by atoms with Crippen LogP contribution in [-0.4, -0.2) is 69.9 Å². The molecule has 4 heterocycles. The highest BCUT2D eigenvalue weighted by molar-refractivity contribution is 5.82. The number of amides is 2. The van der Waals surface area contributed by atoms with Gasteiger partial charge in [-0.1, -0.05) is 12.1 Å². The monoisotopic (exact) mass is 447 g/mol. The Morgan fingerprint density at radius 2 is 1.94 bits per heavy atom. The number of benzene rings is 1. The highest BCUT2D eigenvalue weighted by Gasteiger charge is 2.35. The summed E-state index contributed by atoms with van der Waals surface area (Å²) in [6, 6.07) is 9.47. The predicted octanol–water partition coefficient (Wildman–Crippen LogP) is 2.76. The van der Waals surface area contributed by atoms with Crippen LogP contribution in [0.25, 0.3) is 11.0 Å². The summed E-state index contributed by atoms with van der Waals surface area (Å²) in [5, 5.41) is 0. The average Bonchev–Trinajstić information content (AvgIpc) is 3.51. The minimum Gasteiger partial charge on any atom is -0.497 e. The van der Waals surface area contributed by atoms with Crippen LogP contribution in [0.4, 0.5) is 0 Å². The Kier molecular flexibility index (Phi) is 5.98. The Hall–Kier alpha value is -3.42. The third-order valence-electron chi connectivity index (χ3n) is 6.83. The van der Waals surface area contributed by atoms with E-state index in [2.05, 4.69) is 9.97 Å². The van der Waals surface area contributed by atoms with E-state index in [0.29, 0.717) is 26.1 Å². The van der Waals surface area contributed by atoms with Gasteiger partial charge in [-0.25, -0.2) is 4.98 Å². The van der Waals surface area contributed by atoms with Crippen LogP contribution >= 0.6 is 0 Å². The zero-order valence-electron chi connectivity index (χ0n) is 18.9. The molecule has 2 aliphatic rings. The molecular weight excluding hydrogens is 418 g/mol. The second-order valence-electron chi connectivity index (χ2n) is 8.99. The van der Waals surface area contributed by atoms with Gasteiger partial charge in [0, 0.05) is 38.3 Å². The van der Waals surface area contributed by atoms with Crippen LogP contribution in [0.1, 0.15) is 36.6 Å². The summed E-state index contributed by atoms with van der Waals surface area (Å²) in [5.74, 6) is 2.02. The maximum absolute atomic E-state index is 13.3. The van der Waals surface area contributed by atoms with Gasteiger partial charge in [0.05, 0.1) is 36.7 Å². The molecule has 33 heavy (non-hydrogen) atoms. The number of fused-ring (bicyclic) bond motifs is 1. The molecule has 0 radical (unpaired) electrons. The minimum absolute atomic E-state index is 0.0767. The third kappa shape index (κ3) is 4.55. The second-order valence-corrected chi connectivity index (χ2v) is 8.99. The summed E-state index contributed by atoms with van der Waals surface area (Å²) in [7, 11) is 1.63. The number of pyridine rings is 1. The smallest absolute Gasteiger partial charge is 0.227 e. The van der Waals surface area contributed by atoms with Crippen molar-refractivity contribution in [1.29, 1.82) is 0 Å². The van der Waals surface area contributed by atoms with E-state index < -0.39 is 0 Å². The lowest BCUT2D eigenvalue weighted by Gasteiger charge is -2.34. The molecule has 2 unspecified atom stereocenters. The Labute approximate surface area is 193 Å². The second kappa shape index (κ2) is 9.21. The lowest BCUT2D eigenvalue weighted by Crippen LogP contribution is -2.46. The normalized spacial score (nSPS) is 20.9. The molecule has 1 aromatic carbocycles. The quantitative estimate of drug-likeness (QED) is 0.649. The number of ether oxygens (including phenoxy) is 1. The van der Waals surface area contributed by atoms with Crippen LogP contribution in [0, 0.1) is 5.92 Å². The maximum atomic E-state index is 13.3. The number of carbonyl (C=O) groups is 2. The van der Waals surface area contributed by atoms with E-state index in [9.17, 15) is 9.59 Å². The van der Waals surface area contributed by atoms with E-state index in [0.717, 1.165) is 54.0 Å². The molecule has 2 aliphatic heterocycles. The largest absolute Gasteiger partial charge is 0.497 e. The van der Waals surface area contributed by atoms with Crippen molar-refractivity contribution in [2.75, 3.05) is 33.3 Å². The summed E-state index contributed by atoms with van der Waals surface area (Å²) in [4.78, 5) is 42.2. The molecule has 3 aromatic rings. The molecule has 2 amide bonds. The molecule has 0 saturated carbocycles. The first-order valence-corrected chi connectivity index (χ1v) is 11.6. The van der Waals surface area contributed by atoms with Crippen LogP contribution < -0.4 is 4.74 Å². The molecule has 8 nitrogen and oxygen atoms in total. The van der Waals surface area contributed by atoms with E-state index in [1.165, 1.54) is 0 Å². The fourth-order valence-corrected chi connectivity index (χ4v) is 4.95. The Morgan fingerprint density at radius 1 is 1.09 bits per heavy atom. The van der Waals surface area contributed by atoms with Gasteiger partial charge in [0.25, 0.3) is 0 Å². The molecule has 0 bridgehead atoms. The van der Waals surface area contributed by atoms with Gasteiger partial charge in [0.15, 0.2) is 0 Å². The van der Waals surface area contributed by atoms with E-state index in [1.54, 1.807) is 19.5 Å². The van der Waals surface area contributed by atoms with Crippen molar-refractivity contribution in [2.45, 2.75) is 31.6 Å². The van der Waals surface area contributed by atoms with Crippen LogP contribution in [0.15, 0.2) is 42.7 Å². The van der Waals surface area contributed by atoms with Crippen molar-refractivity contribution in [3.05, 3.63) is 54.1 Å². The summed E-state index contributed by atoms with van der Waals surface area (Å²) < 4.78 is 5.18. The van der Waals surface area contributed by atoms with Crippen LogP contribution in [0.5, 0.6) is 5.75 Å². The van der Waals surface area contributed by atoms with Gasteiger partial charge in [-0.15, -0.1) is 0 Å². The molecule has 1 N–H and O–H groups in total. The zero-order valence-corrected chi connectivity index (χ0v) is 18.9. The summed E-state index contributed by atoms with van der Waals surface area (Å²) in [5.41, 5.74) is 2.79. The third-order valence-corrected chi connectivity index (χ3v) is 6.83. The number of imidazole rings is 1. The fraction of sp³-hybridized carbons (Fsp3) is 0.440. The van der Waals surface area contributed by atoms with Crippen molar-refractivity contribution >= 4 is 22.8 Å². The van der Waals surface area contributed by atoms with Crippen molar-refractivity contribution < 1.29 is 14.3 Å². The number of hydrogen-bond acceptors (Lipinski definition) is 5. The van der Waals surface area contributed by atoms with Crippen LogP contribution in [0.3, 0.4) is 0 Å². The molecule has 8 heteroatoms. The number of nitrogens with one attached hydrogen (secondary N) is 1. The SMILES string of the molecule is COc1ccc(CC(=O)N2CCCC(C(=O)N3CCC(c4nc5ccncc5[nH]4)C3)C2)cc1. The number of likely N-dealkylation sites (tertiary alicyclic amines) is 2. The van der Waals surface area contributed by atoms with Crippen LogP contribution in [0.2, 0.25) is 0 Å². The summed E-state index contributed by atoms with van der Waals surface area (Å²) in [6.45, 7) is 2.62. The number of H-pyrrole nitrogens is 1. The van der Waals surface area contributed by atoms with Crippen molar-refractivity contribution in [1.82, 2.24) is 24.8 Å². The number of rotatable bonds is 5. The highest BCUT2D eigenvalue weighted by atomic mass is 16.5. The van der Waals surface area contributed by atoms with E-state index >= 15 is 0 Å². The summed E-state index contributed by atoms with van der Waals surface area (Å²) in [6.07, 6.45) is 6.45. The van der Waals surface area contributed by atoms with E-state index in [-0.39, 0.29) is 23.7 Å². The molecule has 0 spiro atoms. The lowest BCUT2D eigenvalue weighted by atomic mass is 9.96. The fourth-order valence-electron chi connectivity index (χ4n) is 4.95. The van der Waals surface area contributed by atoms with Gasteiger partial charge >= 0.3 is 0 Å². The van der Waals surface area contributed by atoms with Gasteiger partial charge < -0.3 is 19.5 Å². The number of nitrogens with zero attached hydrogens (tertiary/aromatic N) is 4. The van der Waals surface area contributed by atoms with Gasteiger partial charge in [-0.05, 0) is 43.0 Å². The number of aromatic amines is 1. The van der Waals surface area contributed by atoms with Crippen molar-refractivity contribution in [3.8, 4) is 5.75 Å². The molecule has 0 aliphatic carbocycles. The Balaban J connectivity index is 1.18. The number of hydrogen-bond donors (Lipinski definition) is 1. The van der Waals surface area contributed by atoms with Crippen molar-refractivity contribution in [2.24, 2.45) is 5.92 Å². The predicted molar refractivity (Wildman–Crippen MR) is 124 cm³/mol. The first kappa shape index (κ1) is 21.4. The molecule has 2 atom stereocenters. The van der Waals surface area contributed by atoms with Crippen LogP contribution in [-0.2, 0) is 16.0 Å². The highest BCUT2D eigenvalue weighted by Crippen LogP contribution is 2.29. The molecule has 2 saturated heterocycles. The van der Waals surface area contributed by atoms with E-state index in [1.807, 2.05) is 40.1 Å². The average molecular weight is 448 g/mol. The topological polar surface area (TPSA) is 91.4 Å². The number of methoxy groups -OCH3 is 1. The Bertz CT molecular complexity index is 1110. The van der Waals surface area contributed by atoms with Gasteiger partial charge in [0.1, 0.15) is 11.6 Å². The maximum Gasteiger partial charge on any atom is 0.227 e. The molecule has 5 rings (SSSR count). The number of piperidine rings is 1. The minimum atomic E-state index is -0.128. The summed E-state index contributed by atoms with van der Waals surface area (Å²) >= 11 is 0. The molecule has 2 fully saturated rings. The number of aromatic nitrogens is 3. The lowest BCUT2D eigenvalue weighted by molar-refractivity contribution is -0.139. The van der Waals surface area contributed by atoms with Crippen molar-refractivity contribution in [3.63, 3.8) is 0 Å². The first-order valence-electron chi connectivity index (χ1n) is 11.6.